The molecule has 1 amide bonds. The molecular weight excluding hydrogens is 334 g/mol. The van der Waals surface area contributed by atoms with Crippen LogP contribution in [-0.4, -0.2) is 40.3 Å². The zero-order valence-corrected chi connectivity index (χ0v) is 15.2. The molecule has 0 aromatic carbocycles. The summed E-state index contributed by atoms with van der Waals surface area (Å²) in [5.74, 6) is 0.955. The number of hydrogen-bond acceptors (Lipinski definition) is 4. The maximum absolute atomic E-state index is 12.6. The number of amides is 1. The van der Waals surface area contributed by atoms with E-state index in [1.165, 1.54) is 12.8 Å². The van der Waals surface area contributed by atoms with E-state index in [-0.39, 0.29) is 11.8 Å². The summed E-state index contributed by atoms with van der Waals surface area (Å²) in [5.41, 5.74) is 2.22. The zero-order valence-electron chi connectivity index (χ0n) is 14.4. The minimum atomic E-state index is 0.0510. The van der Waals surface area contributed by atoms with Crippen LogP contribution in [0.15, 0.2) is 29.8 Å². The van der Waals surface area contributed by atoms with Gasteiger partial charge in [-0.3, -0.25) is 9.48 Å². The fourth-order valence-electron chi connectivity index (χ4n) is 3.25. The van der Waals surface area contributed by atoms with Gasteiger partial charge in [-0.2, -0.15) is 5.10 Å². The van der Waals surface area contributed by atoms with E-state index >= 15 is 0 Å². The fourth-order valence-corrected chi connectivity index (χ4v) is 3.87. The second-order valence-electron chi connectivity index (χ2n) is 6.96. The second-order valence-corrected chi connectivity index (χ2v) is 7.94. The van der Waals surface area contributed by atoms with Gasteiger partial charge in [0.25, 0.3) is 0 Å². The van der Waals surface area contributed by atoms with Crippen LogP contribution in [0.2, 0.25) is 0 Å². The normalized spacial score (nSPS) is 20.2. The molecule has 0 N–H and O–H groups in total. The lowest BCUT2D eigenvalue weighted by molar-refractivity contribution is -0.127. The van der Waals surface area contributed by atoms with E-state index in [1.807, 2.05) is 46.4 Å². The lowest BCUT2D eigenvalue weighted by Crippen LogP contribution is -2.38. The van der Waals surface area contributed by atoms with Crippen LogP contribution in [0.5, 0.6) is 0 Å². The maximum atomic E-state index is 12.6. The first-order chi connectivity index (χ1) is 12.2. The highest BCUT2D eigenvalue weighted by atomic mass is 32.1. The van der Waals surface area contributed by atoms with E-state index in [1.54, 1.807) is 17.4 Å². The van der Waals surface area contributed by atoms with Crippen molar-refractivity contribution in [1.82, 2.24) is 14.7 Å². The van der Waals surface area contributed by atoms with Crippen LogP contribution in [-0.2, 0) is 23.1 Å². The van der Waals surface area contributed by atoms with Gasteiger partial charge in [-0.15, -0.1) is 11.3 Å². The predicted molar refractivity (Wildman–Crippen MR) is 98.3 cm³/mol. The van der Waals surface area contributed by atoms with E-state index in [0.29, 0.717) is 19.7 Å². The Morgan fingerprint density at radius 2 is 2.32 bits per heavy atom. The van der Waals surface area contributed by atoms with Crippen LogP contribution in [0.3, 0.4) is 0 Å². The number of rotatable bonds is 6. The van der Waals surface area contributed by atoms with Crippen molar-refractivity contribution in [3.8, 4) is 0 Å². The summed E-state index contributed by atoms with van der Waals surface area (Å²) in [6.07, 6.45) is 8.17. The van der Waals surface area contributed by atoms with Crippen molar-refractivity contribution in [3.63, 3.8) is 0 Å². The van der Waals surface area contributed by atoms with Gasteiger partial charge in [-0.1, -0.05) is 6.07 Å². The average Bonchev–Trinajstić information content (AvgIpc) is 3.12. The van der Waals surface area contributed by atoms with E-state index in [9.17, 15) is 4.79 Å². The van der Waals surface area contributed by atoms with Crippen LogP contribution < -0.4 is 0 Å². The average molecular weight is 357 g/mol. The highest BCUT2D eigenvalue weighted by Crippen LogP contribution is 2.31. The third-order valence-electron chi connectivity index (χ3n) is 4.74. The lowest BCUT2D eigenvalue weighted by atomic mass is 9.97. The molecule has 1 atom stereocenters. The number of thiophene rings is 1. The third-order valence-corrected chi connectivity index (χ3v) is 5.58. The van der Waals surface area contributed by atoms with E-state index < -0.39 is 0 Å². The first-order valence-corrected chi connectivity index (χ1v) is 9.67. The van der Waals surface area contributed by atoms with Crippen molar-refractivity contribution in [1.29, 1.82) is 0 Å². The van der Waals surface area contributed by atoms with Crippen molar-refractivity contribution < 1.29 is 9.53 Å². The molecule has 0 saturated heterocycles. The summed E-state index contributed by atoms with van der Waals surface area (Å²) in [7, 11) is 1.93. The number of carbonyl (C=O) groups is 1. The summed E-state index contributed by atoms with van der Waals surface area (Å²) in [6, 6.07) is 4.00. The number of aromatic nitrogens is 2. The lowest BCUT2D eigenvalue weighted by Gasteiger charge is -2.31. The van der Waals surface area contributed by atoms with Crippen molar-refractivity contribution >= 4 is 23.3 Å². The molecule has 2 aromatic rings. The minimum absolute atomic E-state index is 0.0510. The van der Waals surface area contributed by atoms with Gasteiger partial charge in [0.05, 0.1) is 12.3 Å². The van der Waals surface area contributed by atoms with Gasteiger partial charge in [0, 0.05) is 55.4 Å². The van der Waals surface area contributed by atoms with Crippen molar-refractivity contribution in [2.45, 2.75) is 25.3 Å². The summed E-state index contributed by atoms with van der Waals surface area (Å²) in [6.45, 7) is 2.77. The van der Waals surface area contributed by atoms with Gasteiger partial charge in [0.1, 0.15) is 0 Å². The zero-order chi connectivity index (χ0) is 17.2. The summed E-state index contributed by atoms with van der Waals surface area (Å²) in [4.78, 5) is 15.6. The van der Waals surface area contributed by atoms with E-state index in [0.717, 1.165) is 28.7 Å². The van der Waals surface area contributed by atoms with Gasteiger partial charge < -0.3 is 9.64 Å². The Kier molecular flexibility index (Phi) is 4.72. The molecule has 1 saturated carbocycles. The molecular formula is C19H23N3O2S. The highest BCUT2D eigenvalue weighted by Gasteiger charge is 2.31. The molecule has 6 heteroatoms. The molecule has 4 rings (SSSR count). The Hall–Kier alpha value is -1.92. The monoisotopic (exact) mass is 357 g/mol. The van der Waals surface area contributed by atoms with Crippen LogP contribution in [0.25, 0.3) is 6.08 Å². The third kappa shape index (κ3) is 4.02. The van der Waals surface area contributed by atoms with E-state index in [2.05, 4.69) is 5.10 Å². The Morgan fingerprint density at radius 3 is 3.08 bits per heavy atom. The largest absolute Gasteiger partial charge is 0.380 e. The summed E-state index contributed by atoms with van der Waals surface area (Å²) >= 11 is 1.63. The Balaban J connectivity index is 1.44. The van der Waals surface area contributed by atoms with Gasteiger partial charge in [0.2, 0.25) is 5.91 Å². The SMILES string of the molecule is Cn1cc2c(n1)C(COCC1CC1)CN(C(=O)/C=C/c1cccs1)C2. The van der Waals surface area contributed by atoms with Crippen molar-refractivity contribution in [3.05, 3.63) is 45.9 Å². The first-order valence-electron chi connectivity index (χ1n) is 8.79. The topological polar surface area (TPSA) is 47.4 Å². The van der Waals surface area contributed by atoms with Crippen LogP contribution in [0.1, 0.15) is 34.9 Å². The molecule has 1 unspecified atom stereocenters. The Labute approximate surface area is 151 Å². The molecule has 1 aliphatic carbocycles. The van der Waals surface area contributed by atoms with Crippen LogP contribution in [0, 0.1) is 5.92 Å². The van der Waals surface area contributed by atoms with Gasteiger partial charge in [-0.25, -0.2) is 0 Å². The molecule has 3 heterocycles. The van der Waals surface area contributed by atoms with Gasteiger partial charge in [-0.05, 0) is 36.3 Å². The minimum Gasteiger partial charge on any atom is -0.380 e. The molecule has 5 nitrogen and oxygen atoms in total. The fraction of sp³-hybridized carbons (Fsp3) is 0.474. The highest BCUT2D eigenvalue weighted by molar-refractivity contribution is 7.10. The smallest absolute Gasteiger partial charge is 0.246 e. The van der Waals surface area contributed by atoms with Crippen LogP contribution in [0.4, 0.5) is 0 Å². The summed E-state index contributed by atoms with van der Waals surface area (Å²) < 4.78 is 7.75. The molecule has 0 bridgehead atoms. The number of aryl methyl sites for hydroxylation is 1. The number of carbonyl (C=O) groups excluding carboxylic acids is 1. The number of fused-ring (bicyclic) bond motifs is 1. The molecule has 1 fully saturated rings. The second kappa shape index (κ2) is 7.14. The quantitative estimate of drug-likeness (QED) is 0.747. The number of hydrogen-bond donors (Lipinski definition) is 0. The molecule has 0 radical (unpaired) electrons. The first kappa shape index (κ1) is 16.5. The van der Waals surface area contributed by atoms with Gasteiger partial charge >= 0.3 is 0 Å². The standard InChI is InChI=1S/C19H23N3O2S/c1-21-9-15-10-22(18(23)7-6-17-3-2-8-25-17)11-16(19(15)20-21)13-24-12-14-4-5-14/h2-3,6-9,14,16H,4-5,10-13H2,1H3/b7-6+. The Morgan fingerprint density at radius 1 is 1.44 bits per heavy atom. The molecule has 2 aromatic heterocycles. The predicted octanol–water partition coefficient (Wildman–Crippen LogP) is 3.05. The molecule has 25 heavy (non-hydrogen) atoms. The van der Waals surface area contributed by atoms with Crippen molar-refractivity contribution in [2.24, 2.45) is 13.0 Å². The van der Waals surface area contributed by atoms with Crippen LogP contribution >= 0.6 is 11.3 Å². The number of ether oxygens (including phenoxy) is 1. The molecule has 0 spiro atoms. The molecule has 2 aliphatic rings. The Bertz CT molecular complexity index is 762. The van der Waals surface area contributed by atoms with Crippen molar-refractivity contribution in [2.75, 3.05) is 19.8 Å². The van der Waals surface area contributed by atoms with E-state index in [4.69, 9.17) is 4.74 Å². The van der Waals surface area contributed by atoms with Gasteiger partial charge in [0.15, 0.2) is 0 Å². The molecule has 132 valence electrons. The summed E-state index contributed by atoms with van der Waals surface area (Å²) in [5, 5.41) is 6.62. The maximum Gasteiger partial charge on any atom is 0.246 e. The molecule has 1 aliphatic heterocycles. The number of nitrogens with zero attached hydrogens (tertiary/aromatic N) is 3.